The summed E-state index contributed by atoms with van der Waals surface area (Å²) >= 11 is 0. The van der Waals surface area contributed by atoms with Crippen LogP contribution in [0.25, 0.3) is 0 Å². The zero-order valence-electron chi connectivity index (χ0n) is 9.34. The molecule has 2 heteroatoms. The highest BCUT2D eigenvalue weighted by Gasteiger charge is 2.01. The van der Waals surface area contributed by atoms with Crippen LogP contribution < -0.4 is 0 Å². The Kier molecular flexibility index (Phi) is 8.30. The highest BCUT2D eigenvalue weighted by molar-refractivity contribution is 5.87. The second-order valence-electron chi connectivity index (χ2n) is 3.56. The minimum Gasteiger partial charge on any atom is -0.455 e. The molecule has 0 heterocycles. The molecule has 0 bridgehead atoms. The molecule has 0 aromatic rings. The summed E-state index contributed by atoms with van der Waals surface area (Å²) in [6.07, 6.45) is 7.00. The van der Waals surface area contributed by atoms with Gasteiger partial charge in [-0.15, -0.1) is 0 Å². The van der Waals surface area contributed by atoms with E-state index in [1.807, 2.05) is 0 Å². The first kappa shape index (κ1) is 13.2. The maximum absolute atomic E-state index is 10.9. The average molecular weight is 197 g/mol. The fourth-order valence-corrected chi connectivity index (χ4v) is 1.07. The van der Waals surface area contributed by atoms with Gasteiger partial charge in [0.2, 0.25) is 0 Å². The van der Waals surface area contributed by atoms with E-state index in [9.17, 15) is 4.79 Å². The second-order valence-corrected chi connectivity index (χ2v) is 3.56. The van der Waals surface area contributed by atoms with Crippen LogP contribution in [-0.4, -0.2) is 5.97 Å². The second kappa shape index (κ2) is 8.79. The molecule has 0 aromatic carbocycles. The number of carbonyl (C=O) groups is 1. The Hall–Kier alpha value is -0.790. The Labute approximate surface area is 87.3 Å². The summed E-state index contributed by atoms with van der Waals surface area (Å²) in [6, 6.07) is 0. The Morgan fingerprint density at radius 2 is 1.93 bits per heavy atom. The maximum Gasteiger partial charge on any atom is 0.333 e. The minimum absolute atomic E-state index is 0.321. The van der Waals surface area contributed by atoms with Crippen molar-refractivity contribution in [2.75, 3.05) is 0 Å². The summed E-state index contributed by atoms with van der Waals surface area (Å²) in [5.74, 6) is -0.321. The molecular weight excluding hydrogens is 176 g/mol. The predicted molar refractivity (Wildman–Crippen MR) is 58.6 cm³/mol. The van der Waals surface area contributed by atoms with Gasteiger partial charge in [0.05, 0.1) is 0 Å². The fraction of sp³-hybridized carbons (Fsp3) is 0.667. The lowest BCUT2D eigenvalue weighted by molar-refractivity contribution is -0.135. The van der Waals surface area contributed by atoms with Gasteiger partial charge in [0.15, 0.2) is 0 Å². The van der Waals surface area contributed by atoms with Gasteiger partial charge < -0.3 is 4.74 Å². The van der Waals surface area contributed by atoms with E-state index in [0.717, 1.165) is 12.8 Å². The number of rotatable bonds is 8. The van der Waals surface area contributed by atoms with Crippen molar-refractivity contribution in [2.24, 2.45) is 0 Å². The van der Waals surface area contributed by atoms with Gasteiger partial charge in [-0.2, -0.15) is 0 Å². The molecule has 14 heavy (non-hydrogen) atoms. The molecule has 0 aromatic heterocycles. The van der Waals surface area contributed by atoms with Crippen molar-refractivity contribution in [3.8, 4) is 0 Å². The van der Waals surface area contributed by atoms with Crippen molar-refractivity contribution < 1.29 is 9.53 Å². The molecule has 0 unspecified atom stereocenters. The van der Waals surface area contributed by atoms with E-state index in [1.165, 1.54) is 25.7 Å². The summed E-state index contributed by atoms with van der Waals surface area (Å²) in [5.41, 5.74) is 0.451. The molecule has 0 saturated carbocycles. The monoisotopic (exact) mass is 197 g/mol. The van der Waals surface area contributed by atoms with Crippen LogP contribution in [0.15, 0.2) is 12.2 Å². The molecule has 0 N–H and O–H groups in total. The van der Waals surface area contributed by atoms with Crippen LogP contribution in [0.5, 0.6) is 0 Å². The smallest absolute Gasteiger partial charge is 0.333 e. The zero-order valence-corrected chi connectivity index (χ0v) is 9.34. The first-order chi connectivity index (χ1) is 6.68. The van der Waals surface area contributed by atoms with Crippen molar-refractivity contribution in [2.45, 2.75) is 52.4 Å². The van der Waals surface area contributed by atoms with Gasteiger partial charge in [-0.05, 0) is 19.8 Å². The normalized spacial score (nSPS) is 9.86. The third kappa shape index (κ3) is 7.84. The van der Waals surface area contributed by atoms with Crippen LogP contribution >= 0.6 is 0 Å². The Morgan fingerprint density at radius 1 is 1.29 bits per heavy atom. The molecule has 0 aliphatic carbocycles. The van der Waals surface area contributed by atoms with Gasteiger partial charge in [-0.1, -0.05) is 39.2 Å². The lowest BCUT2D eigenvalue weighted by Crippen LogP contribution is -2.02. The third-order valence-corrected chi connectivity index (χ3v) is 1.96. The molecular formula is C12H21O2. The number of esters is 1. The van der Waals surface area contributed by atoms with Crippen LogP contribution in [0.1, 0.15) is 52.4 Å². The molecule has 0 aliphatic heterocycles. The largest absolute Gasteiger partial charge is 0.455 e. The van der Waals surface area contributed by atoms with E-state index in [-0.39, 0.29) is 5.97 Å². The van der Waals surface area contributed by atoms with Crippen molar-refractivity contribution >= 4 is 5.97 Å². The van der Waals surface area contributed by atoms with E-state index in [2.05, 4.69) is 13.5 Å². The molecule has 0 aliphatic rings. The van der Waals surface area contributed by atoms with Gasteiger partial charge in [0.25, 0.3) is 0 Å². The fourth-order valence-electron chi connectivity index (χ4n) is 1.07. The number of hydrogen-bond donors (Lipinski definition) is 0. The zero-order chi connectivity index (χ0) is 10.8. The number of unbranched alkanes of at least 4 members (excludes halogenated alkanes) is 5. The molecule has 0 saturated heterocycles. The maximum atomic E-state index is 10.9. The highest BCUT2D eigenvalue weighted by atomic mass is 16.5. The van der Waals surface area contributed by atoms with Crippen LogP contribution in [0.4, 0.5) is 0 Å². The molecule has 0 spiro atoms. The van der Waals surface area contributed by atoms with Gasteiger partial charge in [0.1, 0.15) is 6.61 Å². The van der Waals surface area contributed by atoms with Crippen molar-refractivity contribution in [1.29, 1.82) is 0 Å². The molecule has 0 fully saturated rings. The molecule has 81 valence electrons. The van der Waals surface area contributed by atoms with Crippen molar-refractivity contribution in [3.05, 3.63) is 18.8 Å². The molecule has 2 nitrogen and oxygen atoms in total. The average Bonchev–Trinajstić information content (AvgIpc) is 2.16. The Morgan fingerprint density at radius 3 is 2.50 bits per heavy atom. The Balaban J connectivity index is 3.13. The minimum atomic E-state index is -0.321. The number of hydrogen-bond acceptors (Lipinski definition) is 2. The van der Waals surface area contributed by atoms with Crippen LogP contribution in [-0.2, 0) is 9.53 Å². The lowest BCUT2D eigenvalue weighted by atomic mass is 10.1. The first-order valence-electron chi connectivity index (χ1n) is 5.36. The van der Waals surface area contributed by atoms with Crippen LogP contribution in [0, 0.1) is 6.61 Å². The van der Waals surface area contributed by atoms with Crippen molar-refractivity contribution in [3.63, 3.8) is 0 Å². The third-order valence-electron chi connectivity index (χ3n) is 1.96. The Bertz CT molecular complexity index is 173. The summed E-state index contributed by atoms with van der Waals surface area (Å²) in [7, 11) is 0. The first-order valence-corrected chi connectivity index (χ1v) is 5.36. The standard InChI is InChI=1S/C12H21O2/c1-4-5-6-7-8-9-10-14-12(13)11(2)3/h10H,2,4-9H2,1,3H3. The van der Waals surface area contributed by atoms with E-state index in [1.54, 1.807) is 13.5 Å². The molecule has 0 rings (SSSR count). The summed E-state index contributed by atoms with van der Waals surface area (Å²) in [4.78, 5) is 10.9. The highest BCUT2D eigenvalue weighted by Crippen LogP contribution is 2.07. The SMILES string of the molecule is C=C(C)C(=O)O[CH]CCCCCCC. The number of ether oxygens (including phenoxy) is 1. The number of carbonyl (C=O) groups excluding carboxylic acids is 1. The molecule has 0 amide bonds. The topological polar surface area (TPSA) is 26.3 Å². The molecule has 1 radical (unpaired) electrons. The van der Waals surface area contributed by atoms with Crippen LogP contribution in [0.3, 0.4) is 0 Å². The summed E-state index contributed by atoms with van der Waals surface area (Å²) in [5, 5.41) is 0. The van der Waals surface area contributed by atoms with Gasteiger partial charge >= 0.3 is 5.97 Å². The quantitative estimate of drug-likeness (QED) is 0.337. The summed E-state index contributed by atoms with van der Waals surface area (Å²) in [6.45, 7) is 8.93. The van der Waals surface area contributed by atoms with E-state index >= 15 is 0 Å². The predicted octanol–water partition coefficient (Wildman–Crippen LogP) is 3.63. The lowest BCUT2D eigenvalue weighted by Gasteiger charge is -2.02. The van der Waals surface area contributed by atoms with E-state index in [0.29, 0.717) is 5.57 Å². The molecule has 0 atom stereocenters. The van der Waals surface area contributed by atoms with Gasteiger partial charge in [-0.3, -0.25) is 0 Å². The van der Waals surface area contributed by atoms with E-state index < -0.39 is 0 Å². The van der Waals surface area contributed by atoms with Gasteiger partial charge in [-0.25, -0.2) is 4.79 Å². The van der Waals surface area contributed by atoms with E-state index in [4.69, 9.17) is 4.74 Å². The van der Waals surface area contributed by atoms with Crippen molar-refractivity contribution in [1.82, 2.24) is 0 Å². The van der Waals surface area contributed by atoms with Gasteiger partial charge in [0, 0.05) is 5.57 Å². The summed E-state index contributed by atoms with van der Waals surface area (Å²) < 4.78 is 4.85. The van der Waals surface area contributed by atoms with Crippen LogP contribution in [0.2, 0.25) is 0 Å².